The zero-order valence-electron chi connectivity index (χ0n) is 15.5. The standard InChI is InChI=1S/C20H26N6/c1-13(2)20-21-6-5-18(24-20)25-8-15-10-26(11-16(15)9-25)19-7-17(14-3-4-14)22-12-23-19/h5-7,12-16H,3-4,8-11H2,1-2H3. The monoisotopic (exact) mass is 350 g/mol. The molecule has 2 aliphatic heterocycles. The second-order valence-corrected chi connectivity index (χ2v) is 8.33. The van der Waals surface area contributed by atoms with E-state index >= 15 is 0 Å². The van der Waals surface area contributed by atoms with Crippen molar-refractivity contribution in [1.82, 2.24) is 19.9 Å². The molecule has 1 aliphatic carbocycles. The lowest BCUT2D eigenvalue weighted by molar-refractivity contribution is 0.533. The molecule has 5 rings (SSSR count). The number of hydrogen-bond acceptors (Lipinski definition) is 6. The number of anilines is 2. The van der Waals surface area contributed by atoms with E-state index in [9.17, 15) is 0 Å². The SMILES string of the molecule is CC(C)c1nccc(N2CC3CN(c4cc(C5CC5)ncn4)CC3C2)n1. The van der Waals surface area contributed by atoms with Crippen LogP contribution in [0.25, 0.3) is 0 Å². The molecule has 2 aromatic rings. The largest absolute Gasteiger partial charge is 0.356 e. The Labute approximate surface area is 154 Å². The predicted octanol–water partition coefficient (Wildman–Crippen LogP) is 2.84. The minimum Gasteiger partial charge on any atom is -0.356 e. The first-order chi connectivity index (χ1) is 12.7. The number of fused-ring (bicyclic) bond motifs is 1. The Morgan fingerprint density at radius 2 is 1.62 bits per heavy atom. The van der Waals surface area contributed by atoms with Gasteiger partial charge in [0.25, 0.3) is 0 Å². The van der Waals surface area contributed by atoms with Gasteiger partial charge in [-0.1, -0.05) is 13.8 Å². The van der Waals surface area contributed by atoms with Gasteiger partial charge < -0.3 is 9.80 Å². The average Bonchev–Trinajstić information content (AvgIpc) is 3.32. The molecule has 0 spiro atoms. The summed E-state index contributed by atoms with van der Waals surface area (Å²) in [4.78, 5) is 23.1. The smallest absolute Gasteiger partial charge is 0.133 e. The van der Waals surface area contributed by atoms with Crippen LogP contribution in [0.15, 0.2) is 24.7 Å². The fraction of sp³-hybridized carbons (Fsp3) is 0.600. The van der Waals surface area contributed by atoms with Gasteiger partial charge in [-0.05, 0) is 18.9 Å². The highest BCUT2D eigenvalue weighted by Crippen LogP contribution is 2.40. The van der Waals surface area contributed by atoms with Crippen molar-refractivity contribution in [2.75, 3.05) is 36.0 Å². The van der Waals surface area contributed by atoms with Crippen LogP contribution in [0.4, 0.5) is 11.6 Å². The van der Waals surface area contributed by atoms with Gasteiger partial charge in [-0.3, -0.25) is 0 Å². The summed E-state index contributed by atoms with van der Waals surface area (Å²) in [7, 11) is 0. The molecule has 0 radical (unpaired) electrons. The molecule has 2 saturated heterocycles. The Bertz CT molecular complexity index is 731. The average molecular weight is 350 g/mol. The number of rotatable bonds is 4. The van der Waals surface area contributed by atoms with Crippen LogP contribution in [0, 0.1) is 11.8 Å². The molecule has 2 unspecified atom stereocenters. The Hall–Kier alpha value is -2.24. The van der Waals surface area contributed by atoms with Crippen molar-refractivity contribution in [1.29, 1.82) is 0 Å². The highest BCUT2D eigenvalue weighted by molar-refractivity contribution is 5.45. The third-order valence-corrected chi connectivity index (χ3v) is 5.98. The molecule has 3 fully saturated rings. The molecule has 3 aliphatic rings. The van der Waals surface area contributed by atoms with Crippen molar-refractivity contribution in [3.8, 4) is 0 Å². The summed E-state index contributed by atoms with van der Waals surface area (Å²) in [5.74, 6) is 5.57. The Morgan fingerprint density at radius 1 is 0.923 bits per heavy atom. The molecular formula is C20H26N6. The molecule has 0 bridgehead atoms. The summed E-state index contributed by atoms with van der Waals surface area (Å²) in [6.07, 6.45) is 6.22. The molecule has 2 atom stereocenters. The molecular weight excluding hydrogens is 324 g/mol. The summed E-state index contributed by atoms with van der Waals surface area (Å²) < 4.78 is 0. The zero-order valence-corrected chi connectivity index (χ0v) is 15.5. The maximum Gasteiger partial charge on any atom is 0.133 e. The molecule has 0 amide bonds. The van der Waals surface area contributed by atoms with E-state index in [1.165, 1.54) is 18.5 Å². The topological polar surface area (TPSA) is 58.0 Å². The van der Waals surface area contributed by atoms with Crippen molar-refractivity contribution in [3.05, 3.63) is 36.2 Å². The van der Waals surface area contributed by atoms with Gasteiger partial charge >= 0.3 is 0 Å². The van der Waals surface area contributed by atoms with Gasteiger partial charge in [0.1, 0.15) is 23.8 Å². The molecule has 0 N–H and O–H groups in total. The fourth-order valence-corrected chi connectivity index (χ4v) is 4.32. The van der Waals surface area contributed by atoms with E-state index in [-0.39, 0.29) is 0 Å². The minimum absolute atomic E-state index is 0.367. The van der Waals surface area contributed by atoms with Crippen LogP contribution in [0.2, 0.25) is 0 Å². The summed E-state index contributed by atoms with van der Waals surface area (Å²) in [6.45, 7) is 8.63. The zero-order chi connectivity index (χ0) is 17.7. The van der Waals surface area contributed by atoms with Crippen molar-refractivity contribution < 1.29 is 0 Å². The first-order valence-electron chi connectivity index (χ1n) is 9.82. The second-order valence-electron chi connectivity index (χ2n) is 8.33. The van der Waals surface area contributed by atoms with Crippen LogP contribution in [0.1, 0.15) is 50.0 Å². The van der Waals surface area contributed by atoms with Crippen LogP contribution in [0.3, 0.4) is 0 Å². The van der Waals surface area contributed by atoms with E-state index in [1.807, 2.05) is 6.20 Å². The molecule has 2 aromatic heterocycles. The van der Waals surface area contributed by atoms with E-state index < -0.39 is 0 Å². The minimum atomic E-state index is 0.367. The van der Waals surface area contributed by atoms with Crippen LogP contribution in [0.5, 0.6) is 0 Å². The highest BCUT2D eigenvalue weighted by Gasteiger charge is 2.41. The second kappa shape index (κ2) is 6.18. The van der Waals surface area contributed by atoms with Crippen molar-refractivity contribution in [2.24, 2.45) is 11.8 Å². The van der Waals surface area contributed by atoms with Gasteiger partial charge in [0.2, 0.25) is 0 Å². The van der Waals surface area contributed by atoms with E-state index in [0.29, 0.717) is 23.7 Å². The quantitative estimate of drug-likeness (QED) is 0.845. The van der Waals surface area contributed by atoms with Gasteiger partial charge in [0, 0.05) is 67.8 Å². The highest BCUT2D eigenvalue weighted by atomic mass is 15.3. The third-order valence-electron chi connectivity index (χ3n) is 5.98. The summed E-state index contributed by atoms with van der Waals surface area (Å²) >= 11 is 0. The van der Waals surface area contributed by atoms with Crippen LogP contribution in [-0.4, -0.2) is 46.1 Å². The van der Waals surface area contributed by atoms with Crippen molar-refractivity contribution in [2.45, 2.75) is 38.5 Å². The normalized spacial score (nSPS) is 25.2. The lowest BCUT2D eigenvalue weighted by atomic mass is 10.0. The molecule has 6 heteroatoms. The van der Waals surface area contributed by atoms with Gasteiger partial charge in [0.15, 0.2) is 0 Å². The van der Waals surface area contributed by atoms with E-state index in [1.54, 1.807) is 6.33 Å². The van der Waals surface area contributed by atoms with Gasteiger partial charge in [-0.2, -0.15) is 0 Å². The first-order valence-corrected chi connectivity index (χ1v) is 9.82. The van der Waals surface area contributed by atoms with Gasteiger partial charge in [0.05, 0.1) is 0 Å². The van der Waals surface area contributed by atoms with E-state index in [0.717, 1.165) is 43.6 Å². The summed E-state index contributed by atoms with van der Waals surface area (Å²) in [5, 5.41) is 0. The Morgan fingerprint density at radius 3 is 2.27 bits per heavy atom. The summed E-state index contributed by atoms with van der Waals surface area (Å²) in [6, 6.07) is 4.27. The molecule has 6 nitrogen and oxygen atoms in total. The lowest BCUT2D eigenvalue weighted by Crippen LogP contribution is -2.30. The third kappa shape index (κ3) is 2.91. The molecule has 0 aromatic carbocycles. The van der Waals surface area contributed by atoms with Crippen molar-refractivity contribution in [3.63, 3.8) is 0 Å². The summed E-state index contributed by atoms with van der Waals surface area (Å²) in [5.41, 5.74) is 1.23. The predicted molar refractivity (Wildman–Crippen MR) is 102 cm³/mol. The fourth-order valence-electron chi connectivity index (χ4n) is 4.32. The van der Waals surface area contributed by atoms with Crippen LogP contribution >= 0.6 is 0 Å². The first kappa shape index (κ1) is 16.0. The molecule has 1 saturated carbocycles. The van der Waals surface area contributed by atoms with E-state index in [4.69, 9.17) is 4.98 Å². The van der Waals surface area contributed by atoms with Crippen molar-refractivity contribution >= 4 is 11.6 Å². The van der Waals surface area contributed by atoms with Gasteiger partial charge in [-0.15, -0.1) is 0 Å². The molecule has 4 heterocycles. The van der Waals surface area contributed by atoms with Crippen LogP contribution in [-0.2, 0) is 0 Å². The Balaban J connectivity index is 1.27. The molecule has 26 heavy (non-hydrogen) atoms. The maximum atomic E-state index is 4.78. The van der Waals surface area contributed by atoms with Gasteiger partial charge in [-0.25, -0.2) is 19.9 Å². The lowest BCUT2D eigenvalue weighted by Gasteiger charge is -2.23. The number of aromatic nitrogens is 4. The Kier molecular flexibility index (Phi) is 3.80. The maximum absolute atomic E-state index is 4.78. The van der Waals surface area contributed by atoms with Crippen LogP contribution < -0.4 is 9.80 Å². The van der Waals surface area contributed by atoms with E-state index in [2.05, 4.69) is 50.7 Å². The number of nitrogens with zero attached hydrogens (tertiary/aromatic N) is 6. The molecule has 136 valence electrons. The number of hydrogen-bond donors (Lipinski definition) is 0.